The molecule has 3 N–H and O–H groups in total. The van der Waals surface area contributed by atoms with Crippen LogP contribution in [0.4, 0.5) is 0 Å². The minimum atomic E-state index is -0.523. The summed E-state index contributed by atoms with van der Waals surface area (Å²) in [4.78, 5) is 25.4. The molecule has 2 aromatic rings. The molecule has 6 nitrogen and oxygen atoms in total. The first-order valence-electron chi connectivity index (χ1n) is 8.37. The number of carbonyl (C=O) groups excluding carboxylic acids is 2. The fourth-order valence-corrected chi connectivity index (χ4v) is 3.30. The second-order valence-corrected chi connectivity index (χ2v) is 6.91. The van der Waals surface area contributed by atoms with Gasteiger partial charge in [0.15, 0.2) is 0 Å². The van der Waals surface area contributed by atoms with E-state index in [9.17, 15) is 9.59 Å². The minimum Gasteiger partial charge on any atom is -0.364 e. The lowest BCUT2D eigenvalue weighted by molar-refractivity contribution is -0.131. The van der Waals surface area contributed by atoms with Crippen molar-refractivity contribution in [3.8, 4) is 0 Å². The number of likely N-dealkylation sites (tertiary alicyclic amines) is 1. The van der Waals surface area contributed by atoms with E-state index in [0.29, 0.717) is 17.4 Å². The van der Waals surface area contributed by atoms with Crippen molar-refractivity contribution in [3.05, 3.63) is 52.3 Å². The Kier molecular flexibility index (Phi) is 5.38. The zero-order valence-electron chi connectivity index (χ0n) is 13.9. The van der Waals surface area contributed by atoms with Gasteiger partial charge in [0.05, 0.1) is 6.42 Å². The Balaban J connectivity index is 1.48. The van der Waals surface area contributed by atoms with E-state index >= 15 is 0 Å². The predicted octanol–water partition coefficient (Wildman–Crippen LogP) is 2.19. The lowest BCUT2D eigenvalue weighted by Crippen LogP contribution is -2.39. The second-order valence-electron chi connectivity index (χ2n) is 6.47. The number of nitrogens with zero attached hydrogens (tertiary/aromatic N) is 2. The molecular weight excluding hydrogens is 340 g/mol. The molecule has 25 heavy (non-hydrogen) atoms. The normalized spacial score (nSPS) is 15.3. The number of rotatable bonds is 5. The van der Waals surface area contributed by atoms with Gasteiger partial charge in [0.2, 0.25) is 5.91 Å². The Bertz CT molecular complexity index is 749. The van der Waals surface area contributed by atoms with Gasteiger partial charge in [-0.3, -0.25) is 14.7 Å². The van der Waals surface area contributed by atoms with E-state index in [1.165, 1.54) is 0 Å². The molecule has 1 aromatic carbocycles. The quantitative estimate of drug-likeness (QED) is 0.856. The van der Waals surface area contributed by atoms with Gasteiger partial charge < -0.3 is 10.6 Å². The van der Waals surface area contributed by atoms with Crippen LogP contribution >= 0.6 is 11.6 Å². The number of H-pyrrole nitrogens is 1. The molecule has 0 atom stereocenters. The van der Waals surface area contributed by atoms with Gasteiger partial charge in [0.25, 0.3) is 5.91 Å². The monoisotopic (exact) mass is 360 g/mol. The lowest BCUT2D eigenvalue weighted by atomic mass is 9.92. The number of halogens is 1. The largest absolute Gasteiger partial charge is 0.364 e. The lowest BCUT2D eigenvalue weighted by Gasteiger charge is -2.32. The molecule has 1 aliphatic rings. The third-order valence-corrected chi connectivity index (χ3v) is 4.88. The van der Waals surface area contributed by atoms with Crippen LogP contribution in [0.5, 0.6) is 0 Å². The van der Waals surface area contributed by atoms with Crippen LogP contribution in [0.15, 0.2) is 30.3 Å². The van der Waals surface area contributed by atoms with E-state index in [1.807, 2.05) is 17.0 Å². The second kappa shape index (κ2) is 7.70. The molecule has 132 valence electrons. The summed E-state index contributed by atoms with van der Waals surface area (Å²) in [6.07, 6.45) is 3.11. The van der Waals surface area contributed by atoms with Crippen LogP contribution in [0.25, 0.3) is 0 Å². The Morgan fingerprint density at radius 2 is 1.92 bits per heavy atom. The topological polar surface area (TPSA) is 92.1 Å². The van der Waals surface area contributed by atoms with E-state index in [4.69, 9.17) is 17.3 Å². The van der Waals surface area contributed by atoms with Crippen LogP contribution in [-0.4, -0.2) is 40.0 Å². The van der Waals surface area contributed by atoms with E-state index < -0.39 is 5.91 Å². The van der Waals surface area contributed by atoms with Crippen LogP contribution < -0.4 is 5.73 Å². The maximum absolute atomic E-state index is 12.4. The number of aromatic amines is 1. The number of hydrogen-bond acceptors (Lipinski definition) is 3. The first-order valence-corrected chi connectivity index (χ1v) is 8.75. The summed E-state index contributed by atoms with van der Waals surface area (Å²) in [6, 6.07) is 9.10. The zero-order chi connectivity index (χ0) is 17.8. The summed E-state index contributed by atoms with van der Waals surface area (Å²) in [7, 11) is 0. The van der Waals surface area contributed by atoms with Crippen molar-refractivity contribution in [2.24, 2.45) is 11.7 Å². The predicted molar refractivity (Wildman–Crippen MR) is 95.3 cm³/mol. The summed E-state index contributed by atoms with van der Waals surface area (Å²) in [5.74, 6) is 0.101. The number of carbonyl (C=O) groups is 2. The zero-order valence-corrected chi connectivity index (χ0v) is 14.6. The molecule has 0 aliphatic carbocycles. The van der Waals surface area contributed by atoms with E-state index in [1.54, 1.807) is 18.2 Å². The van der Waals surface area contributed by atoms with Crippen LogP contribution in [0.3, 0.4) is 0 Å². The summed E-state index contributed by atoms with van der Waals surface area (Å²) in [5.41, 5.74) is 7.38. The smallest absolute Gasteiger partial charge is 0.269 e. The van der Waals surface area contributed by atoms with Crippen LogP contribution in [0.2, 0.25) is 5.02 Å². The average molecular weight is 361 g/mol. The fourth-order valence-electron chi connectivity index (χ4n) is 3.18. The molecule has 0 bridgehead atoms. The fraction of sp³-hybridized carbons (Fsp3) is 0.389. The highest BCUT2D eigenvalue weighted by atomic mass is 35.5. The molecule has 1 saturated heterocycles. The molecule has 3 rings (SSSR count). The van der Waals surface area contributed by atoms with E-state index in [0.717, 1.165) is 43.6 Å². The molecular formula is C18H21ClN4O2. The molecule has 2 heterocycles. The molecule has 2 amide bonds. The number of primary amides is 1. The number of aromatic nitrogens is 2. The Hall–Kier alpha value is -2.34. The van der Waals surface area contributed by atoms with Crippen molar-refractivity contribution in [1.82, 2.24) is 15.1 Å². The van der Waals surface area contributed by atoms with Crippen molar-refractivity contribution in [2.75, 3.05) is 13.1 Å². The summed E-state index contributed by atoms with van der Waals surface area (Å²) >= 11 is 5.87. The summed E-state index contributed by atoms with van der Waals surface area (Å²) < 4.78 is 0. The van der Waals surface area contributed by atoms with Crippen molar-refractivity contribution in [1.29, 1.82) is 0 Å². The third kappa shape index (κ3) is 4.60. The highest BCUT2D eigenvalue weighted by Gasteiger charge is 2.23. The number of amides is 2. The van der Waals surface area contributed by atoms with Crippen molar-refractivity contribution in [2.45, 2.75) is 25.7 Å². The molecule has 0 radical (unpaired) electrons. The first-order chi connectivity index (χ1) is 12.0. The molecule has 0 spiro atoms. The highest BCUT2D eigenvalue weighted by molar-refractivity contribution is 6.30. The number of piperidine rings is 1. The minimum absolute atomic E-state index is 0.151. The van der Waals surface area contributed by atoms with Crippen LogP contribution in [0.1, 0.15) is 34.6 Å². The Morgan fingerprint density at radius 3 is 2.52 bits per heavy atom. The SMILES string of the molecule is NC(=O)c1cc(CC2CCN(C(=O)Cc3ccc(Cl)cc3)CC2)[nH]n1. The molecule has 1 aliphatic heterocycles. The van der Waals surface area contributed by atoms with Gasteiger partial charge in [-0.15, -0.1) is 0 Å². The van der Waals surface area contributed by atoms with Gasteiger partial charge in [-0.25, -0.2) is 0 Å². The van der Waals surface area contributed by atoms with Crippen molar-refractivity contribution in [3.63, 3.8) is 0 Å². The Morgan fingerprint density at radius 1 is 1.24 bits per heavy atom. The number of nitrogens with one attached hydrogen (secondary N) is 1. The summed E-state index contributed by atoms with van der Waals surface area (Å²) in [5, 5.41) is 7.44. The van der Waals surface area contributed by atoms with E-state index in [-0.39, 0.29) is 11.6 Å². The first kappa shape index (κ1) is 17.5. The molecule has 1 fully saturated rings. The summed E-state index contributed by atoms with van der Waals surface area (Å²) in [6.45, 7) is 1.52. The van der Waals surface area contributed by atoms with Crippen molar-refractivity contribution < 1.29 is 9.59 Å². The molecule has 7 heteroatoms. The number of benzene rings is 1. The van der Waals surface area contributed by atoms with Gasteiger partial charge in [0, 0.05) is 23.8 Å². The standard InChI is InChI=1S/C18H21ClN4O2/c19-14-3-1-12(2-4-14)10-17(24)23-7-5-13(6-8-23)9-15-11-16(18(20)25)22-21-15/h1-4,11,13H,5-10H2,(H2,20,25)(H,21,22). The van der Waals surface area contributed by atoms with Gasteiger partial charge in [0.1, 0.15) is 5.69 Å². The Labute approximate surface area is 151 Å². The number of nitrogens with two attached hydrogens (primary N) is 1. The maximum atomic E-state index is 12.4. The van der Waals surface area contributed by atoms with Crippen molar-refractivity contribution >= 4 is 23.4 Å². The van der Waals surface area contributed by atoms with Crippen LogP contribution in [0, 0.1) is 5.92 Å². The van der Waals surface area contributed by atoms with Gasteiger partial charge in [-0.05, 0) is 48.9 Å². The third-order valence-electron chi connectivity index (χ3n) is 4.63. The van der Waals surface area contributed by atoms with Gasteiger partial charge in [-0.1, -0.05) is 23.7 Å². The molecule has 1 aromatic heterocycles. The number of hydrogen-bond donors (Lipinski definition) is 2. The molecule has 0 unspecified atom stereocenters. The molecule has 0 saturated carbocycles. The maximum Gasteiger partial charge on any atom is 0.269 e. The van der Waals surface area contributed by atoms with Gasteiger partial charge >= 0.3 is 0 Å². The highest BCUT2D eigenvalue weighted by Crippen LogP contribution is 2.22. The van der Waals surface area contributed by atoms with Gasteiger partial charge in [-0.2, -0.15) is 5.10 Å². The van der Waals surface area contributed by atoms with Crippen LogP contribution in [-0.2, 0) is 17.6 Å². The van der Waals surface area contributed by atoms with E-state index in [2.05, 4.69) is 10.2 Å². The average Bonchev–Trinajstić information content (AvgIpc) is 3.06.